The number of aliphatic hydroxyl groups excluding tert-OH is 1. The first kappa shape index (κ1) is 16.2. The van der Waals surface area contributed by atoms with Crippen molar-refractivity contribution in [3.05, 3.63) is 53.1 Å². The van der Waals surface area contributed by atoms with Crippen LogP contribution in [-0.2, 0) is 30.9 Å². The van der Waals surface area contributed by atoms with E-state index in [1.807, 2.05) is 18.3 Å². The van der Waals surface area contributed by atoms with Crippen LogP contribution in [0.2, 0.25) is 0 Å². The third-order valence-corrected chi connectivity index (χ3v) is 4.65. The van der Waals surface area contributed by atoms with Crippen LogP contribution in [0.25, 0.3) is 0 Å². The highest BCUT2D eigenvalue weighted by Crippen LogP contribution is 2.27. The predicted molar refractivity (Wildman–Crippen MR) is 89.0 cm³/mol. The van der Waals surface area contributed by atoms with E-state index in [1.165, 1.54) is 11.3 Å². The molecule has 0 bridgehead atoms. The summed E-state index contributed by atoms with van der Waals surface area (Å²) < 4.78 is 7.52. The van der Waals surface area contributed by atoms with Crippen LogP contribution in [0, 0.1) is 0 Å². The molecule has 5 heteroatoms. The molecule has 1 aromatic heterocycles. The van der Waals surface area contributed by atoms with Gasteiger partial charge < -0.3 is 14.4 Å². The topological polar surface area (TPSA) is 50.5 Å². The summed E-state index contributed by atoms with van der Waals surface area (Å²) in [5.74, 6) is 1.15. The molecule has 1 atom stereocenters. The summed E-state index contributed by atoms with van der Waals surface area (Å²) in [7, 11) is 1.74. The number of rotatable bonds is 6. The highest BCUT2D eigenvalue weighted by molar-refractivity contribution is 5.22. The van der Waals surface area contributed by atoms with Gasteiger partial charge in [-0.3, -0.25) is 4.90 Å². The van der Waals surface area contributed by atoms with Gasteiger partial charge in [0.25, 0.3) is 0 Å². The van der Waals surface area contributed by atoms with Crippen molar-refractivity contribution in [1.82, 2.24) is 14.5 Å². The van der Waals surface area contributed by atoms with Crippen molar-refractivity contribution >= 4 is 0 Å². The number of ether oxygens (including phenoxy) is 1. The number of fused-ring (bicyclic) bond motifs is 1. The molecule has 1 aromatic carbocycles. The van der Waals surface area contributed by atoms with Crippen molar-refractivity contribution in [2.45, 2.75) is 39.1 Å². The van der Waals surface area contributed by atoms with Crippen LogP contribution in [0.4, 0.5) is 0 Å². The van der Waals surface area contributed by atoms with Gasteiger partial charge in [-0.1, -0.05) is 24.3 Å². The highest BCUT2D eigenvalue weighted by atomic mass is 16.5. The molecular weight excluding hydrogens is 290 g/mol. The lowest BCUT2D eigenvalue weighted by molar-refractivity contribution is 0.153. The van der Waals surface area contributed by atoms with E-state index in [2.05, 4.69) is 33.5 Å². The minimum absolute atomic E-state index is 0.0993. The molecule has 1 N–H and O–H groups in total. The van der Waals surface area contributed by atoms with Crippen LogP contribution in [-0.4, -0.2) is 39.8 Å². The lowest BCUT2D eigenvalue weighted by Gasteiger charge is -2.34. The molecule has 1 aliphatic rings. The maximum Gasteiger partial charge on any atom is 0.126 e. The molecule has 0 fully saturated rings. The van der Waals surface area contributed by atoms with E-state index in [4.69, 9.17) is 9.84 Å². The van der Waals surface area contributed by atoms with Crippen molar-refractivity contribution in [2.24, 2.45) is 0 Å². The van der Waals surface area contributed by atoms with Crippen molar-refractivity contribution in [1.29, 1.82) is 0 Å². The van der Waals surface area contributed by atoms with E-state index in [9.17, 15) is 0 Å². The molecule has 0 aliphatic carbocycles. The number of imidazole rings is 1. The van der Waals surface area contributed by atoms with Gasteiger partial charge in [0.15, 0.2) is 0 Å². The zero-order chi connectivity index (χ0) is 16.2. The summed E-state index contributed by atoms with van der Waals surface area (Å²) in [6.07, 6.45) is 2.91. The Morgan fingerprint density at radius 1 is 1.22 bits per heavy atom. The van der Waals surface area contributed by atoms with Crippen molar-refractivity contribution in [2.75, 3.05) is 20.3 Å². The molecule has 23 heavy (non-hydrogen) atoms. The van der Waals surface area contributed by atoms with Gasteiger partial charge in [-0.15, -0.1) is 0 Å². The Bertz CT molecular complexity index is 636. The van der Waals surface area contributed by atoms with E-state index >= 15 is 0 Å². The van der Waals surface area contributed by atoms with Gasteiger partial charge in [-0.25, -0.2) is 4.98 Å². The van der Waals surface area contributed by atoms with E-state index in [0.717, 1.165) is 44.0 Å². The molecule has 2 heterocycles. The fourth-order valence-corrected chi connectivity index (χ4v) is 3.21. The first-order valence-corrected chi connectivity index (χ1v) is 8.19. The Balaban J connectivity index is 1.70. The summed E-state index contributed by atoms with van der Waals surface area (Å²) in [6.45, 7) is 5.97. The number of hydrogen-bond acceptors (Lipinski definition) is 4. The third kappa shape index (κ3) is 3.47. The Hall–Kier alpha value is -1.69. The van der Waals surface area contributed by atoms with Crippen LogP contribution in [0.1, 0.15) is 35.6 Å². The minimum atomic E-state index is 0.0993. The lowest BCUT2D eigenvalue weighted by Crippen LogP contribution is -2.37. The molecule has 0 radical (unpaired) electrons. The molecule has 0 amide bonds. The van der Waals surface area contributed by atoms with Crippen LogP contribution in [0.5, 0.6) is 0 Å². The van der Waals surface area contributed by atoms with Crippen LogP contribution in [0.15, 0.2) is 30.5 Å². The molecule has 1 unspecified atom stereocenters. The van der Waals surface area contributed by atoms with Crippen molar-refractivity contribution in [3.8, 4) is 0 Å². The average Bonchev–Trinajstić information content (AvgIpc) is 3.00. The quantitative estimate of drug-likeness (QED) is 0.887. The van der Waals surface area contributed by atoms with Gasteiger partial charge >= 0.3 is 0 Å². The monoisotopic (exact) mass is 315 g/mol. The van der Waals surface area contributed by atoms with Crippen LogP contribution >= 0.6 is 0 Å². The number of nitrogens with zero attached hydrogens (tertiary/aromatic N) is 3. The Morgan fingerprint density at radius 3 is 2.65 bits per heavy atom. The fraction of sp³-hybridized carbons (Fsp3) is 0.500. The standard InChI is InChI=1S/C18H25N3O2/c1-14-18-19-11-17(7-10-23-2)21(18)9-8-20(14)12-15-3-5-16(13-22)6-4-15/h3-6,11,14,22H,7-10,12-13H2,1-2H3. The summed E-state index contributed by atoms with van der Waals surface area (Å²) in [4.78, 5) is 7.10. The van der Waals surface area contributed by atoms with Gasteiger partial charge in [-0.05, 0) is 18.1 Å². The maximum absolute atomic E-state index is 9.13. The fourth-order valence-electron chi connectivity index (χ4n) is 3.21. The van der Waals surface area contributed by atoms with Gasteiger partial charge in [0.2, 0.25) is 0 Å². The second kappa shape index (κ2) is 7.25. The predicted octanol–water partition coefficient (Wildman–Crippen LogP) is 2.14. The van der Waals surface area contributed by atoms with E-state index < -0.39 is 0 Å². The van der Waals surface area contributed by atoms with Crippen LogP contribution in [0.3, 0.4) is 0 Å². The summed E-state index contributed by atoms with van der Waals surface area (Å²) >= 11 is 0. The SMILES string of the molecule is COCCc1cnc2n1CCN(Cc1ccc(CO)cc1)C2C. The van der Waals surface area contributed by atoms with Gasteiger partial charge in [-0.2, -0.15) is 0 Å². The van der Waals surface area contributed by atoms with Crippen molar-refractivity contribution < 1.29 is 9.84 Å². The van der Waals surface area contributed by atoms with E-state index in [0.29, 0.717) is 6.04 Å². The number of aliphatic hydroxyl groups is 1. The van der Waals surface area contributed by atoms with Gasteiger partial charge in [0.1, 0.15) is 5.82 Å². The maximum atomic E-state index is 9.13. The summed E-state index contributed by atoms with van der Waals surface area (Å²) in [5.41, 5.74) is 3.49. The Morgan fingerprint density at radius 2 is 1.96 bits per heavy atom. The Labute approximate surface area is 137 Å². The normalized spacial score (nSPS) is 18.1. The second-order valence-corrected chi connectivity index (χ2v) is 6.12. The van der Waals surface area contributed by atoms with Crippen molar-refractivity contribution in [3.63, 3.8) is 0 Å². The first-order valence-electron chi connectivity index (χ1n) is 8.19. The molecule has 1 aliphatic heterocycles. The number of aromatic nitrogens is 2. The van der Waals surface area contributed by atoms with E-state index in [1.54, 1.807) is 7.11 Å². The smallest absolute Gasteiger partial charge is 0.126 e. The number of benzene rings is 1. The molecular formula is C18H25N3O2. The zero-order valence-corrected chi connectivity index (χ0v) is 13.9. The summed E-state index contributed by atoms with van der Waals surface area (Å²) in [5, 5.41) is 9.13. The molecule has 0 spiro atoms. The molecule has 2 aromatic rings. The minimum Gasteiger partial charge on any atom is -0.392 e. The van der Waals surface area contributed by atoms with E-state index in [-0.39, 0.29) is 6.61 Å². The first-order chi connectivity index (χ1) is 11.2. The van der Waals surface area contributed by atoms with Gasteiger partial charge in [0, 0.05) is 45.1 Å². The molecule has 5 nitrogen and oxygen atoms in total. The highest BCUT2D eigenvalue weighted by Gasteiger charge is 2.26. The second-order valence-electron chi connectivity index (χ2n) is 6.12. The molecule has 124 valence electrons. The Kier molecular flexibility index (Phi) is 5.10. The molecule has 3 rings (SSSR count). The zero-order valence-electron chi connectivity index (χ0n) is 13.9. The molecule has 0 saturated carbocycles. The van der Waals surface area contributed by atoms with Gasteiger partial charge in [0.05, 0.1) is 19.3 Å². The summed E-state index contributed by atoms with van der Waals surface area (Å²) in [6, 6.07) is 8.49. The molecule has 0 saturated heterocycles. The number of methoxy groups -OCH3 is 1. The third-order valence-electron chi connectivity index (χ3n) is 4.65. The largest absolute Gasteiger partial charge is 0.392 e. The lowest BCUT2D eigenvalue weighted by atomic mass is 10.1. The average molecular weight is 315 g/mol. The van der Waals surface area contributed by atoms with Crippen LogP contribution < -0.4 is 0 Å². The number of hydrogen-bond donors (Lipinski definition) is 1.